The van der Waals surface area contributed by atoms with Crippen LogP contribution in [-0.2, 0) is 6.18 Å². The molecule has 142 valence electrons. The number of nitrogens with zero attached hydrogens (tertiary/aromatic N) is 2. The Labute approximate surface area is 169 Å². The average molecular weight is 430 g/mol. The molecule has 0 bridgehead atoms. The van der Waals surface area contributed by atoms with Crippen molar-refractivity contribution in [3.8, 4) is 0 Å². The lowest BCUT2D eigenvalue weighted by atomic mass is 10.2. The highest BCUT2D eigenvalue weighted by molar-refractivity contribution is 8.14. The molecule has 1 fully saturated rings. The zero-order chi connectivity index (χ0) is 19.6. The quantitative estimate of drug-likeness (QED) is 0.577. The lowest BCUT2D eigenvalue weighted by molar-refractivity contribution is -0.137. The minimum atomic E-state index is -4.41. The van der Waals surface area contributed by atoms with Gasteiger partial charge < -0.3 is 5.32 Å². The first kappa shape index (κ1) is 20.0. The number of rotatable bonds is 2. The van der Waals surface area contributed by atoms with Crippen molar-refractivity contribution in [3.05, 3.63) is 59.1 Å². The fourth-order valence-corrected chi connectivity index (χ4v) is 4.05. The molecular weight excluding hydrogens is 415 g/mol. The largest absolute Gasteiger partial charge is 0.416 e. The van der Waals surface area contributed by atoms with Crippen molar-refractivity contribution in [2.24, 2.45) is 4.99 Å². The summed E-state index contributed by atoms with van der Waals surface area (Å²) in [5.74, 6) is 0. The third-order valence-electron chi connectivity index (χ3n) is 3.70. The van der Waals surface area contributed by atoms with Gasteiger partial charge in [-0.25, -0.2) is 4.99 Å². The highest BCUT2D eigenvalue weighted by atomic mass is 35.5. The molecule has 0 spiro atoms. The molecule has 1 heterocycles. The Balaban J connectivity index is 1.83. The number of halogens is 4. The Morgan fingerprint density at radius 2 is 2.00 bits per heavy atom. The molecule has 1 aliphatic heterocycles. The SMILES string of the molecule is CC1CN(C(=S)Nc2cccc(Cl)c2)/C(=N\c2cccc(C(F)(F)F)c2)S1. The van der Waals surface area contributed by atoms with E-state index < -0.39 is 11.7 Å². The van der Waals surface area contributed by atoms with Crippen molar-refractivity contribution in [2.45, 2.75) is 18.3 Å². The van der Waals surface area contributed by atoms with Crippen LogP contribution in [0.1, 0.15) is 12.5 Å². The standard InChI is InChI=1S/C18H15ClF3N3S2/c1-11-10-25(16(26)23-15-7-3-5-13(19)9-15)17(27-11)24-14-6-2-4-12(8-14)18(20,21)22/h2-9,11H,10H2,1H3,(H,23,26)/b24-17+. The van der Waals surface area contributed by atoms with Gasteiger partial charge in [0, 0.05) is 22.5 Å². The van der Waals surface area contributed by atoms with Crippen molar-refractivity contribution >= 4 is 57.2 Å². The van der Waals surface area contributed by atoms with Gasteiger partial charge in [0.15, 0.2) is 10.3 Å². The van der Waals surface area contributed by atoms with Crippen LogP contribution in [0, 0.1) is 0 Å². The number of benzene rings is 2. The molecule has 0 saturated carbocycles. The molecule has 3 nitrogen and oxygen atoms in total. The maximum absolute atomic E-state index is 12.9. The second kappa shape index (κ2) is 8.08. The number of alkyl halides is 3. The van der Waals surface area contributed by atoms with Gasteiger partial charge >= 0.3 is 6.18 Å². The lowest BCUT2D eigenvalue weighted by Crippen LogP contribution is -2.36. The van der Waals surface area contributed by atoms with E-state index in [4.69, 9.17) is 23.8 Å². The van der Waals surface area contributed by atoms with E-state index in [9.17, 15) is 13.2 Å². The van der Waals surface area contributed by atoms with E-state index in [0.717, 1.165) is 17.8 Å². The van der Waals surface area contributed by atoms with E-state index in [1.54, 1.807) is 23.1 Å². The molecule has 27 heavy (non-hydrogen) atoms. The molecule has 1 unspecified atom stereocenters. The van der Waals surface area contributed by atoms with Gasteiger partial charge in [0.1, 0.15) is 0 Å². The highest BCUT2D eigenvalue weighted by Crippen LogP contribution is 2.33. The zero-order valence-corrected chi connectivity index (χ0v) is 16.5. The van der Waals surface area contributed by atoms with Crippen molar-refractivity contribution in [3.63, 3.8) is 0 Å². The minimum absolute atomic E-state index is 0.202. The van der Waals surface area contributed by atoms with E-state index in [2.05, 4.69) is 10.3 Å². The van der Waals surface area contributed by atoms with Crippen molar-refractivity contribution < 1.29 is 13.2 Å². The molecule has 1 aliphatic rings. The number of nitrogens with one attached hydrogen (secondary N) is 1. The van der Waals surface area contributed by atoms with Crippen molar-refractivity contribution in [1.82, 2.24) is 4.90 Å². The predicted octanol–water partition coefficient (Wildman–Crippen LogP) is 6.18. The van der Waals surface area contributed by atoms with Gasteiger partial charge in [0.25, 0.3) is 0 Å². The van der Waals surface area contributed by atoms with Crippen LogP contribution in [0.15, 0.2) is 53.5 Å². The molecule has 9 heteroatoms. The molecular formula is C18H15ClF3N3S2. The average Bonchev–Trinajstić information content (AvgIpc) is 2.95. The topological polar surface area (TPSA) is 27.6 Å². The van der Waals surface area contributed by atoms with E-state index in [0.29, 0.717) is 21.8 Å². The summed E-state index contributed by atoms with van der Waals surface area (Å²) in [7, 11) is 0. The molecule has 0 radical (unpaired) electrons. The van der Waals surface area contributed by atoms with Crippen LogP contribution in [0.3, 0.4) is 0 Å². The van der Waals surface area contributed by atoms with Gasteiger partial charge in [-0.2, -0.15) is 13.2 Å². The van der Waals surface area contributed by atoms with Crippen LogP contribution in [0.5, 0.6) is 0 Å². The van der Waals surface area contributed by atoms with E-state index >= 15 is 0 Å². The van der Waals surface area contributed by atoms with E-state index in [-0.39, 0.29) is 10.9 Å². The van der Waals surface area contributed by atoms with Gasteiger partial charge in [0.2, 0.25) is 0 Å². The second-order valence-corrected chi connectivity index (χ2v) is 8.15. The molecule has 3 rings (SSSR count). The van der Waals surface area contributed by atoms with Crippen LogP contribution < -0.4 is 5.32 Å². The Kier molecular flexibility index (Phi) is 5.98. The van der Waals surface area contributed by atoms with Crippen LogP contribution in [0.4, 0.5) is 24.5 Å². The second-order valence-electron chi connectivity index (χ2n) is 5.92. The smallest absolute Gasteiger partial charge is 0.332 e. The van der Waals surface area contributed by atoms with Crippen LogP contribution in [0.25, 0.3) is 0 Å². The van der Waals surface area contributed by atoms with Gasteiger partial charge in [-0.05, 0) is 48.6 Å². The molecule has 1 atom stereocenters. The molecule has 2 aromatic carbocycles. The normalized spacial score (nSPS) is 18.8. The maximum atomic E-state index is 12.9. The van der Waals surface area contributed by atoms with Gasteiger partial charge in [0.05, 0.1) is 11.3 Å². The fourth-order valence-electron chi connectivity index (χ4n) is 2.49. The summed E-state index contributed by atoms with van der Waals surface area (Å²) in [4.78, 5) is 6.18. The Morgan fingerprint density at radius 3 is 2.70 bits per heavy atom. The number of aliphatic imine (C=N–C) groups is 1. The Hall–Kier alpha value is -1.77. The summed E-state index contributed by atoms with van der Waals surface area (Å²) < 4.78 is 38.8. The summed E-state index contributed by atoms with van der Waals surface area (Å²) in [6.07, 6.45) is -4.41. The van der Waals surface area contributed by atoms with Crippen molar-refractivity contribution in [2.75, 3.05) is 11.9 Å². The fraction of sp³-hybridized carbons (Fsp3) is 0.222. The summed E-state index contributed by atoms with van der Waals surface area (Å²) in [6.45, 7) is 2.61. The summed E-state index contributed by atoms with van der Waals surface area (Å²) >= 11 is 12.9. The maximum Gasteiger partial charge on any atom is 0.416 e. The zero-order valence-electron chi connectivity index (χ0n) is 14.1. The molecule has 0 aliphatic carbocycles. The van der Waals surface area contributed by atoms with Crippen molar-refractivity contribution in [1.29, 1.82) is 0 Å². The third kappa shape index (κ3) is 5.15. The first-order chi connectivity index (χ1) is 12.7. The molecule has 2 aromatic rings. The predicted molar refractivity (Wildman–Crippen MR) is 110 cm³/mol. The van der Waals surface area contributed by atoms with Gasteiger partial charge in [-0.3, -0.25) is 4.90 Å². The van der Waals surface area contributed by atoms with Crippen LogP contribution in [0.2, 0.25) is 5.02 Å². The summed E-state index contributed by atoms with van der Waals surface area (Å²) in [5, 5.41) is 4.85. The monoisotopic (exact) mass is 429 g/mol. The molecule has 0 amide bonds. The van der Waals surface area contributed by atoms with Gasteiger partial charge in [-0.1, -0.05) is 42.4 Å². The number of hydrogen-bond donors (Lipinski definition) is 1. The first-order valence-corrected chi connectivity index (χ1v) is 9.65. The van der Waals surface area contributed by atoms with E-state index in [1.165, 1.54) is 23.9 Å². The first-order valence-electron chi connectivity index (χ1n) is 7.99. The number of amidine groups is 1. The molecule has 1 N–H and O–H groups in total. The minimum Gasteiger partial charge on any atom is -0.332 e. The number of thiocarbonyl (C=S) groups is 1. The number of anilines is 1. The molecule has 0 aromatic heterocycles. The lowest BCUT2D eigenvalue weighted by Gasteiger charge is -2.20. The Morgan fingerprint density at radius 1 is 1.26 bits per heavy atom. The Bertz CT molecular complexity index is 886. The number of thioether (sulfide) groups is 1. The number of hydrogen-bond acceptors (Lipinski definition) is 3. The molecule has 1 saturated heterocycles. The van der Waals surface area contributed by atoms with E-state index in [1.807, 2.05) is 13.0 Å². The van der Waals surface area contributed by atoms with Gasteiger partial charge in [-0.15, -0.1) is 0 Å². The summed E-state index contributed by atoms with van der Waals surface area (Å²) in [6, 6.07) is 12.1. The third-order valence-corrected chi connectivity index (χ3v) is 5.33. The summed E-state index contributed by atoms with van der Waals surface area (Å²) in [5.41, 5.74) is 0.235. The highest BCUT2D eigenvalue weighted by Gasteiger charge is 2.31. The van der Waals surface area contributed by atoms with Crippen LogP contribution in [-0.4, -0.2) is 27.0 Å². The van der Waals surface area contributed by atoms with Crippen LogP contribution >= 0.6 is 35.6 Å².